The van der Waals surface area contributed by atoms with Crippen LogP contribution in [0.3, 0.4) is 0 Å². The van der Waals surface area contributed by atoms with Crippen LogP contribution >= 0.6 is 0 Å². The summed E-state index contributed by atoms with van der Waals surface area (Å²) in [6.07, 6.45) is 0. The average molecular weight is 295 g/mol. The van der Waals surface area contributed by atoms with Gasteiger partial charge in [0.1, 0.15) is 12.4 Å². The van der Waals surface area contributed by atoms with Crippen molar-refractivity contribution in [2.75, 3.05) is 0 Å². The number of nitrogens with zero attached hydrogens (tertiary/aromatic N) is 1. The molecule has 3 aromatic rings. The lowest BCUT2D eigenvalue weighted by Crippen LogP contribution is -2.02. The highest BCUT2D eigenvalue weighted by Crippen LogP contribution is 2.23. The fraction of sp³-hybridized carbons (Fsp3) is 0.167. The van der Waals surface area contributed by atoms with E-state index >= 15 is 0 Å². The molecule has 0 radical (unpaired) electrons. The molecule has 0 aliphatic carbocycles. The number of para-hydroxylation sites is 1. The molecular formula is C18H17NO3. The summed E-state index contributed by atoms with van der Waals surface area (Å²) >= 11 is 0. The molecule has 4 heteroatoms. The molecule has 0 aliphatic heterocycles. The monoisotopic (exact) mass is 295 g/mol. The second-order valence-corrected chi connectivity index (χ2v) is 5.33. The summed E-state index contributed by atoms with van der Waals surface area (Å²) in [6, 6.07) is 15.0. The Hall–Kier alpha value is -2.75. The van der Waals surface area contributed by atoms with E-state index in [1.165, 1.54) is 0 Å². The Labute approximate surface area is 128 Å². The lowest BCUT2D eigenvalue weighted by atomic mass is 10.1. The molecule has 22 heavy (non-hydrogen) atoms. The lowest BCUT2D eigenvalue weighted by molar-refractivity contribution is 0.0697. The van der Waals surface area contributed by atoms with Gasteiger partial charge in [-0.15, -0.1) is 0 Å². The van der Waals surface area contributed by atoms with Crippen LogP contribution < -0.4 is 4.74 Å². The summed E-state index contributed by atoms with van der Waals surface area (Å²) in [6.45, 7) is 2.45. The Morgan fingerprint density at radius 1 is 1.18 bits per heavy atom. The van der Waals surface area contributed by atoms with E-state index in [0.29, 0.717) is 12.2 Å². The van der Waals surface area contributed by atoms with Gasteiger partial charge in [-0.05, 0) is 42.8 Å². The van der Waals surface area contributed by atoms with Gasteiger partial charge in [-0.3, -0.25) is 0 Å². The van der Waals surface area contributed by atoms with Crippen molar-refractivity contribution >= 4 is 16.9 Å². The van der Waals surface area contributed by atoms with Crippen LogP contribution in [0.15, 0.2) is 48.5 Å². The van der Waals surface area contributed by atoms with Crippen molar-refractivity contribution in [3.8, 4) is 5.75 Å². The predicted molar refractivity (Wildman–Crippen MR) is 85.4 cm³/mol. The van der Waals surface area contributed by atoms with Crippen LogP contribution in [0.5, 0.6) is 5.75 Å². The summed E-state index contributed by atoms with van der Waals surface area (Å²) in [4.78, 5) is 11.1. The predicted octanol–water partition coefficient (Wildman–Crippen LogP) is 3.76. The second kappa shape index (κ2) is 5.56. The summed E-state index contributed by atoms with van der Waals surface area (Å²) in [5.74, 6) is -0.0533. The SMILES string of the molecule is Cc1ccccc1OCc1cc2cc(C(=O)O)ccc2n1C. The fourth-order valence-corrected chi connectivity index (χ4v) is 2.55. The zero-order chi connectivity index (χ0) is 15.7. The molecule has 0 aliphatic rings. The average Bonchev–Trinajstić information content (AvgIpc) is 2.82. The molecular weight excluding hydrogens is 278 g/mol. The smallest absolute Gasteiger partial charge is 0.335 e. The maximum atomic E-state index is 11.1. The largest absolute Gasteiger partial charge is 0.487 e. The summed E-state index contributed by atoms with van der Waals surface area (Å²) in [5, 5.41) is 9.98. The molecule has 0 atom stereocenters. The van der Waals surface area contributed by atoms with Crippen molar-refractivity contribution in [3.63, 3.8) is 0 Å². The van der Waals surface area contributed by atoms with Gasteiger partial charge in [0.2, 0.25) is 0 Å². The van der Waals surface area contributed by atoms with E-state index in [9.17, 15) is 4.79 Å². The van der Waals surface area contributed by atoms with E-state index in [1.54, 1.807) is 12.1 Å². The maximum absolute atomic E-state index is 11.1. The van der Waals surface area contributed by atoms with Gasteiger partial charge in [0.25, 0.3) is 0 Å². The zero-order valence-corrected chi connectivity index (χ0v) is 12.5. The number of aromatic carboxylic acids is 1. The molecule has 3 rings (SSSR count). The van der Waals surface area contributed by atoms with Crippen LogP contribution in [0.25, 0.3) is 10.9 Å². The summed E-state index contributed by atoms with van der Waals surface area (Å²) in [7, 11) is 1.96. The number of hydrogen-bond donors (Lipinski definition) is 1. The van der Waals surface area contributed by atoms with Crippen LogP contribution in [0.4, 0.5) is 0 Å². The third-order valence-corrected chi connectivity index (χ3v) is 3.86. The normalized spacial score (nSPS) is 10.8. The van der Waals surface area contributed by atoms with E-state index in [2.05, 4.69) is 0 Å². The van der Waals surface area contributed by atoms with E-state index in [4.69, 9.17) is 9.84 Å². The maximum Gasteiger partial charge on any atom is 0.335 e. The molecule has 1 aromatic heterocycles. The Kier molecular flexibility index (Phi) is 3.59. The van der Waals surface area contributed by atoms with Crippen LogP contribution in [-0.4, -0.2) is 15.6 Å². The van der Waals surface area contributed by atoms with Crippen molar-refractivity contribution in [1.82, 2.24) is 4.57 Å². The molecule has 0 spiro atoms. The first-order valence-electron chi connectivity index (χ1n) is 7.06. The first kappa shape index (κ1) is 14.2. The fourth-order valence-electron chi connectivity index (χ4n) is 2.55. The van der Waals surface area contributed by atoms with Crippen molar-refractivity contribution in [2.45, 2.75) is 13.5 Å². The first-order chi connectivity index (χ1) is 10.6. The highest BCUT2D eigenvalue weighted by atomic mass is 16.5. The highest BCUT2D eigenvalue weighted by molar-refractivity contribution is 5.94. The van der Waals surface area contributed by atoms with Gasteiger partial charge in [-0.1, -0.05) is 18.2 Å². The highest BCUT2D eigenvalue weighted by Gasteiger charge is 2.10. The molecule has 0 fully saturated rings. The molecule has 0 unspecified atom stereocenters. The molecule has 4 nitrogen and oxygen atoms in total. The van der Waals surface area contributed by atoms with Crippen LogP contribution in [0.2, 0.25) is 0 Å². The molecule has 0 amide bonds. The van der Waals surface area contributed by atoms with Gasteiger partial charge in [-0.2, -0.15) is 0 Å². The van der Waals surface area contributed by atoms with Crippen molar-refractivity contribution in [1.29, 1.82) is 0 Å². The number of hydrogen-bond acceptors (Lipinski definition) is 2. The van der Waals surface area contributed by atoms with Crippen molar-refractivity contribution < 1.29 is 14.6 Å². The van der Waals surface area contributed by atoms with E-state index < -0.39 is 5.97 Å². The minimum Gasteiger partial charge on any atom is -0.487 e. The molecule has 0 saturated heterocycles. The minimum absolute atomic E-state index is 0.296. The van der Waals surface area contributed by atoms with Gasteiger partial charge in [0.15, 0.2) is 0 Å². The number of ether oxygens (including phenoxy) is 1. The Bertz CT molecular complexity index is 849. The van der Waals surface area contributed by atoms with E-state index in [0.717, 1.165) is 27.9 Å². The van der Waals surface area contributed by atoms with Crippen LogP contribution in [0, 0.1) is 6.92 Å². The second-order valence-electron chi connectivity index (χ2n) is 5.33. The number of carboxylic acid groups (broad SMARTS) is 1. The molecule has 0 saturated carbocycles. The summed E-state index contributed by atoms with van der Waals surface area (Å²) in [5.41, 5.74) is 3.38. The number of fused-ring (bicyclic) bond motifs is 1. The van der Waals surface area contributed by atoms with Crippen molar-refractivity contribution in [2.24, 2.45) is 7.05 Å². The van der Waals surface area contributed by atoms with E-state index in [-0.39, 0.29) is 0 Å². The molecule has 1 heterocycles. The molecule has 1 N–H and O–H groups in total. The number of carboxylic acids is 1. The topological polar surface area (TPSA) is 51.5 Å². The van der Waals surface area contributed by atoms with Crippen LogP contribution in [-0.2, 0) is 13.7 Å². The quantitative estimate of drug-likeness (QED) is 0.797. The lowest BCUT2D eigenvalue weighted by Gasteiger charge is -2.09. The molecule has 112 valence electrons. The van der Waals surface area contributed by atoms with Gasteiger partial charge in [0, 0.05) is 18.0 Å². The van der Waals surface area contributed by atoms with Crippen LogP contribution in [0.1, 0.15) is 21.6 Å². The molecule has 0 bridgehead atoms. The van der Waals surface area contributed by atoms with Gasteiger partial charge in [-0.25, -0.2) is 4.79 Å². The Morgan fingerprint density at radius 2 is 1.95 bits per heavy atom. The Morgan fingerprint density at radius 3 is 2.68 bits per heavy atom. The number of rotatable bonds is 4. The van der Waals surface area contributed by atoms with E-state index in [1.807, 2.05) is 54.9 Å². The number of carbonyl (C=O) groups is 1. The Balaban J connectivity index is 1.89. The van der Waals surface area contributed by atoms with Gasteiger partial charge < -0.3 is 14.4 Å². The third kappa shape index (κ3) is 2.55. The number of benzene rings is 2. The standard InChI is InChI=1S/C18H17NO3/c1-12-5-3-4-6-17(12)22-11-15-10-14-9-13(18(20)21)7-8-16(14)19(15)2/h3-10H,11H2,1-2H3,(H,20,21). The van der Waals surface area contributed by atoms with Gasteiger partial charge >= 0.3 is 5.97 Å². The van der Waals surface area contributed by atoms with Gasteiger partial charge in [0.05, 0.1) is 11.3 Å². The van der Waals surface area contributed by atoms with Crippen molar-refractivity contribution in [3.05, 3.63) is 65.4 Å². The molecule has 2 aromatic carbocycles. The summed E-state index contributed by atoms with van der Waals surface area (Å²) < 4.78 is 7.90. The zero-order valence-electron chi connectivity index (χ0n) is 12.5. The third-order valence-electron chi connectivity index (χ3n) is 3.86. The minimum atomic E-state index is -0.913. The number of aromatic nitrogens is 1. The number of aryl methyl sites for hydroxylation is 2. The first-order valence-corrected chi connectivity index (χ1v) is 7.06.